The number of esters is 1. The fourth-order valence-electron chi connectivity index (χ4n) is 3.78. The number of thiazole rings is 1. The fourth-order valence-corrected chi connectivity index (χ4v) is 5.78. The van der Waals surface area contributed by atoms with Crippen LogP contribution in [0.5, 0.6) is 0 Å². The number of aliphatic hydroxyl groups excluding tert-OH is 1. The molecule has 1 saturated heterocycles. The van der Waals surface area contributed by atoms with Crippen molar-refractivity contribution in [1.29, 1.82) is 0 Å². The van der Waals surface area contributed by atoms with E-state index in [0.29, 0.717) is 22.7 Å². The van der Waals surface area contributed by atoms with Crippen molar-refractivity contribution in [2.45, 2.75) is 24.8 Å². The van der Waals surface area contributed by atoms with Crippen LogP contribution in [-0.4, -0.2) is 80.4 Å². The minimum Gasteiger partial charge on any atom is -0.508 e. The number of oxime groups is 1. The third kappa shape index (κ3) is 6.62. The molecule has 0 unspecified atom stereocenters. The largest absolute Gasteiger partial charge is 0.508 e. The normalized spacial score (nSPS) is 21.3. The van der Waals surface area contributed by atoms with Crippen molar-refractivity contribution in [3.05, 3.63) is 58.1 Å². The van der Waals surface area contributed by atoms with Crippen LogP contribution in [-0.2, 0) is 51.1 Å². The quantitative estimate of drug-likeness (QED) is 0.0984. The maximum Gasteiger partial charge on any atom is 0.352 e. The van der Waals surface area contributed by atoms with Gasteiger partial charge in [0.05, 0.1) is 0 Å². The van der Waals surface area contributed by atoms with Crippen molar-refractivity contribution < 1.29 is 61.3 Å². The Morgan fingerprint density at radius 1 is 1.36 bits per heavy atom. The zero-order valence-corrected chi connectivity index (χ0v) is 23.6. The van der Waals surface area contributed by atoms with Crippen molar-refractivity contribution in [2.75, 3.05) is 24.8 Å². The number of nitrogens with zero attached hydrogens (tertiary/aromatic N) is 3. The Morgan fingerprint density at radius 2 is 2.13 bits per heavy atom. The van der Waals surface area contributed by atoms with Gasteiger partial charge in [-0.1, -0.05) is 17.3 Å². The van der Waals surface area contributed by atoms with Gasteiger partial charge >= 0.3 is 11.9 Å². The van der Waals surface area contributed by atoms with E-state index >= 15 is 0 Å². The number of allylic oxidation sites excluding steroid dienone is 4. The van der Waals surface area contributed by atoms with E-state index in [2.05, 4.69) is 20.8 Å². The summed E-state index contributed by atoms with van der Waals surface area (Å²) in [7, 11) is 1.26. The minimum absolute atomic E-state index is 0. The van der Waals surface area contributed by atoms with Gasteiger partial charge in [-0.2, -0.15) is 0 Å². The molecule has 2 atom stereocenters. The maximum atomic E-state index is 13.1. The molecule has 0 spiro atoms. The second-order valence-corrected chi connectivity index (χ2v) is 10.0. The molecule has 4 rings (SSSR count). The van der Waals surface area contributed by atoms with Gasteiger partial charge < -0.3 is 30.4 Å². The zero-order valence-electron chi connectivity index (χ0n) is 20.5. The van der Waals surface area contributed by atoms with Crippen LogP contribution in [0.1, 0.15) is 19.0 Å². The van der Waals surface area contributed by atoms with Gasteiger partial charge in [0.15, 0.2) is 10.8 Å². The van der Waals surface area contributed by atoms with E-state index in [4.69, 9.17) is 9.57 Å². The van der Waals surface area contributed by atoms with Crippen molar-refractivity contribution >= 4 is 57.7 Å². The van der Waals surface area contributed by atoms with E-state index in [1.807, 2.05) is 6.08 Å². The predicted molar refractivity (Wildman–Crippen MR) is 138 cm³/mol. The molecule has 1 aromatic heterocycles. The van der Waals surface area contributed by atoms with E-state index in [0.717, 1.165) is 4.90 Å². The van der Waals surface area contributed by atoms with Crippen molar-refractivity contribution in [3.8, 4) is 0 Å². The van der Waals surface area contributed by atoms with Gasteiger partial charge in [-0.05, 0) is 12.5 Å². The second-order valence-electron chi connectivity index (χ2n) is 8.06. The molecular weight excluding hydrogens is 646 g/mol. The second kappa shape index (κ2) is 13.1. The van der Waals surface area contributed by atoms with Gasteiger partial charge in [-0.15, -0.1) is 23.1 Å². The molecule has 3 heterocycles. The summed E-state index contributed by atoms with van der Waals surface area (Å²) in [5.74, 6) is -2.92. The first-order valence-electron chi connectivity index (χ1n) is 11.1. The van der Waals surface area contributed by atoms with E-state index in [1.54, 1.807) is 23.7 Å². The van der Waals surface area contributed by atoms with Gasteiger partial charge in [0, 0.05) is 57.8 Å². The van der Waals surface area contributed by atoms with Crippen molar-refractivity contribution in [3.63, 3.8) is 0 Å². The SMILES string of the molecule is CON=C(C(=O)N[C@@H]1C(=O)N2C(C(=O)O)=C(COC(C)=O)CS[C@H]12)c1csc(NC=C2CC=CC=C2O)n1.[Ag]. The van der Waals surface area contributed by atoms with Crippen LogP contribution in [0.2, 0.25) is 0 Å². The van der Waals surface area contributed by atoms with Gasteiger partial charge in [-0.3, -0.25) is 19.3 Å². The first-order chi connectivity index (χ1) is 18.2. The summed E-state index contributed by atoms with van der Waals surface area (Å²) in [4.78, 5) is 59.2. The molecule has 1 fully saturated rings. The molecule has 2 amide bonds. The zero-order chi connectivity index (χ0) is 27.4. The molecule has 1 aromatic rings. The third-order valence-electron chi connectivity index (χ3n) is 5.56. The molecule has 16 heteroatoms. The number of amides is 2. The van der Waals surface area contributed by atoms with Crippen LogP contribution in [0.25, 0.3) is 0 Å². The van der Waals surface area contributed by atoms with Crippen LogP contribution in [0.3, 0.4) is 0 Å². The number of fused-ring (bicyclic) bond motifs is 1. The summed E-state index contributed by atoms with van der Waals surface area (Å²) >= 11 is 2.43. The van der Waals surface area contributed by atoms with Gasteiger partial charge in [-0.25, -0.2) is 9.78 Å². The van der Waals surface area contributed by atoms with Crippen LogP contribution in [0.4, 0.5) is 5.13 Å². The Labute approximate surface area is 246 Å². The van der Waals surface area contributed by atoms with Crippen LogP contribution >= 0.6 is 23.1 Å². The first-order valence-corrected chi connectivity index (χ1v) is 13.1. The number of rotatable bonds is 9. The topological polar surface area (TPSA) is 180 Å². The number of carboxylic acid groups (broad SMARTS) is 1. The molecule has 0 bridgehead atoms. The number of β-lactam (4-membered cyclic amide) rings is 1. The molecule has 4 N–H and O–H groups in total. The molecule has 0 aromatic carbocycles. The van der Waals surface area contributed by atoms with E-state index < -0.39 is 35.2 Å². The molecule has 13 nitrogen and oxygen atoms in total. The molecule has 1 radical (unpaired) electrons. The van der Waals surface area contributed by atoms with Gasteiger partial charge in [0.25, 0.3) is 11.8 Å². The summed E-state index contributed by atoms with van der Waals surface area (Å²) in [5, 5.41) is 30.3. The van der Waals surface area contributed by atoms with Crippen LogP contribution in [0.15, 0.2) is 57.6 Å². The summed E-state index contributed by atoms with van der Waals surface area (Å²) in [6, 6.07) is -1.01. The number of thioether (sulfide) groups is 1. The molecule has 0 saturated carbocycles. The Kier molecular flexibility index (Phi) is 10.2. The number of aromatic nitrogens is 1. The summed E-state index contributed by atoms with van der Waals surface area (Å²) in [6.07, 6.45) is 7.36. The van der Waals surface area contributed by atoms with Crippen molar-refractivity contribution in [2.24, 2.45) is 5.16 Å². The summed E-state index contributed by atoms with van der Waals surface area (Å²) in [5.41, 5.74) is 0.712. The Hall–Kier alpha value is -3.37. The first kappa shape index (κ1) is 30.2. The Morgan fingerprint density at radius 3 is 2.79 bits per heavy atom. The number of nitrogens with one attached hydrogen (secondary N) is 2. The van der Waals surface area contributed by atoms with Crippen molar-refractivity contribution in [1.82, 2.24) is 15.2 Å². The molecule has 39 heavy (non-hydrogen) atoms. The van der Waals surface area contributed by atoms with Gasteiger partial charge in [0.1, 0.15) is 42.3 Å². The third-order valence-corrected chi connectivity index (χ3v) is 7.67. The summed E-state index contributed by atoms with van der Waals surface area (Å²) < 4.78 is 4.92. The average Bonchev–Trinajstić information content (AvgIpc) is 3.36. The predicted octanol–water partition coefficient (Wildman–Crippen LogP) is 1.49. The minimum atomic E-state index is -1.33. The Bertz CT molecular complexity index is 1340. The molecule has 3 aliphatic rings. The molecule has 211 valence electrons. The molecular formula is C23H23AgN5O8S2. The van der Waals surface area contributed by atoms with Crippen LogP contribution in [0, 0.1) is 0 Å². The number of ether oxygens (including phenoxy) is 1. The smallest absolute Gasteiger partial charge is 0.352 e. The monoisotopic (exact) mass is 668 g/mol. The number of anilines is 1. The van der Waals surface area contributed by atoms with E-state index in [9.17, 15) is 29.4 Å². The fraction of sp³-hybridized carbons (Fsp3) is 0.304. The summed E-state index contributed by atoms with van der Waals surface area (Å²) in [6.45, 7) is 0.958. The standard InChI is InChI=1S/C23H23N5O8S2.Ag/c1-11(29)36-8-13-9-37-21-17(20(32)28(21)18(13)22(33)34)26-19(31)16(27-35-2)14-10-38-23(25-14)24-7-12-5-3-4-6-15(12)30;/h3-4,6-7,10,17,21,30H,5,8-9H2,1-2H3,(H,24,25)(H,26,31)(H,33,34);/t17-,21-;/m1./s1. The number of hydrogen-bond donors (Lipinski definition) is 4. The molecule has 2 aliphatic heterocycles. The number of aliphatic hydroxyl groups is 1. The average molecular weight is 669 g/mol. The number of carboxylic acids is 1. The number of carbonyl (C=O) groups is 4. The number of aliphatic carboxylic acids is 1. The number of hydrogen-bond acceptors (Lipinski definition) is 12. The number of carbonyl (C=O) groups excluding carboxylic acids is 3. The van der Waals surface area contributed by atoms with E-state index in [-0.39, 0.29) is 57.6 Å². The Balaban J connectivity index is 0.00000420. The maximum absolute atomic E-state index is 13.1. The van der Waals surface area contributed by atoms with Gasteiger partial charge in [0.2, 0.25) is 0 Å². The van der Waals surface area contributed by atoms with Crippen LogP contribution < -0.4 is 10.6 Å². The molecule has 1 aliphatic carbocycles. The van der Waals surface area contributed by atoms with E-state index in [1.165, 1.54) is 37.1 Å².